The van der Waals surface area contributed by atoms with Crippen LogP contribution in [0.15, 0.2) is 71.8 Å². The van der Waals surface area contributed by atoms with E-state index in [1.165, 1.54) is 42.3 Å². The van der Waals surface area contributed by atoms with E-state index in [2.05, 4.69) is 15.3 Å². The standard InChI is InChI=1S/C28H26ClFN4O4/c1-17(2)38-25-9-8-22(14-23(25)30)33-28-32-15-20(12-24(35)19-10-11-31-26(13-19)37-3)27(36)34(28)16-18-4-6-21(29)7-5-18/h4-11,13-15,17H,12,16H2,1-3H3,(H,32,33). The van der Waals surface area contributed by atoms with E-state index < -0.39 is 11.4 Å². The van der Waals surface area contributed by atoms with Crippen LogP contribution in [0.25, 0.3) is 0 Å². The summed E-state index contributed by atoms with van der Waals surface area (Å²) < 4.78 is 26.5. The van der Waals surface area contributed by atoms with E-state index in [4.69, 9.17) is 21.1 Å². The van der Waals surface area contributed by atoms with Crippen molar-refractivity contribution in [1.29, 1.82) is 0 Å². The summed E-state index contributed by atoms with van der Waals surface area (Å²) in [5.41, 5.74) is 1.32. The molecule has 2 aromatic heterocycles. The van der Waals surface area contributed by atoms with Crippen molar-refractivity contribution < 1.29 is 18.7 Å². The number of carbonyl (C=O) groups excluding carboxylic acids is 1. The van der Waals surface area contributed by atoms with Gasteiger partial charge in [-0.05, 0) is 49.7 Å². The average Bonchev–Trinajstić information content (AvgIpc) is 2.90. The summed E-state index contributed by atoms with van der Waals surface area (Å²) in [5, 5.41) is 3.57. The van der Waals surface area contributed by atoms with Crippen molar-refractivity contribution in [3.63, 3.8) is 0 Å². The molecule has 0 saturated heterocycles. The predicted molar refractivity (Wildman–Crippen MR) is 143 cm³/mol. The quantitative estimate of drug-likeness (QED) is 0.269. The molecule has 196 valence electrons. The van der Waals surface area contributed by atoms with E-state index in [1.807, 2.05) is 13.8 Å². The highest BCUT2D eigenvalue weighted by Crippen LogP contribution is 2.24. The number of rotatable bonds is 10. The molecule has 2 heterocycles. The molecule has 0 bridgehead atoms. The van der Waals surface area contributed by atoms with Crippen molar-refractivity contribution in [3.05, 3.63) is 105 Å². The zero-order valence-corrected chi connectivity index (χ0v) is 21.8. The Balaban J connectivity index is 1.68. The van der Waals surface area contributed by atoms with Crippen LogP contribution in [0.1, 0.15) is 35.3 Å². The molecular formula is C28H26ClFN4O4. The maximum atomic E-state index is 14.6. The Morgan fingerprint density at radius 2 is 1.87 bits per heavy atom. The fraction of sp³-hybridized carbons (Fsp3) is 0.214. The summed E-state index contributed by atoms with van der Waals surface area (Å²) in [6.45, 7) is 3.76. The number of carbonyl (C=O) groups is 1. The molecule has 0 unspecified atom stereocenters. The van der Waals surface area contributed by atoms with Gasteiger partial charge in [-0.3, -0.25) is 14.2 Å². The number of nitrogens with zero attached hydrogens (tertiary/aromatic N) is 3. The molecule has 8 nitrogen and oxygen atoms in total. The second-order valence-electron chi connectivity index (χ2n) is 8.75. The summed E-state index contributed by atoms with van der Waals surface area (Å²) >= 11 is 6.02. The molecule has 2 aromatic carbocycles. The maximum absolute atomic E-state index is 14.6. The predicted octanol–water partition coefficient (Wildman–Crippen LogP) is 5.44. The number of pyridine rings is 1. The second kappa shape index (κ2) is 11.9. The highest BCUT2D eigenvalue weighted by molar-refractivity contribution is 6.30. The molecule has 4 aromatic rings. The van der Waals surface area contributed by atoms with Crippen molar-refractivity contribution in [2.75, 3.05) is 12.4 Å². The molecule has 0 fully saturated rings. The topological polar surface area (TPSA) is 95.3 Å². The van der Waals surface area contributed by atoms with Crippen LogP contribution >= 0.6 is 11.6 Å². The van der Waals surface area contributed by atoms with E-state index >= 15 is 0 Å². The van der Waals surface area contributed by atoms with E-state index in [-0.39, 0.29) is 42.1 Å². The fourth-order valence-corrected chi connectivity index (χ4v) is 3.83. The molecular weight excluding hydrogens is 511 g/mol. The van der Waals surface area contributed by atoms with Crippen LogP contribution in [0.3, 0.4) is 0 Å². The normalized spacial score (nSPS) is 10.9. The van der Waals surface area contributed by atoms with Crippen molar-refractivity contribution in [3.8, 4) is 11.6 Å². The van der Waals surface area contributed by atoms with Crippen LogP contribution in [-0.2, 0) is 13.0 Å². The van der Waals surface area contributed by atoms with Crippen molar-refractivity contribution in [2.24, 2.45) is 0 Å². The fourth-order valence-electron chi connectivity index (χ4n) is 3.70. The Bertz CT molecular complexity index is 1510. The summed E-state index contributed by atoms with van der Waals surface area (Å²) in [6, 6.07) is 14.5. The summed E-state index contributed by atoms with van der Waals surface area (Å²) in [4.78, 5) is 34.9. The molecule has 1 N–H and O–H groups in total. The summed E-state index contributed by atoms with van der Waals surface area (Å²) in [5.74, 6) is -0.232. The van der Waals surface area contributed by atoms with Crippen LogP contribution in [0, 0.1) is 5.82 Å². The molecule has 0 amide bonds. The van der Waals surface area contributed by atoms with Gasteiger partial charge in [0.2, 0.25) is 11.8 Å². The molecule has 0 aliphatic heterocycles. The number of aromatic nitrogens is 3. The highest BCUT2D eigenvalue weighted by atomic mass is 35.5. The van der Waals surface area contributed by atoms with E-state index in [9.17, 15) is 14.0 Å². The Morgan fingerprint density at radius 3 is 2.55 bits per heavy atom. The second-order valence-corrected chi connectivity index (χ2v) is 9.18. The number of methoxy groups -OCH3 is 1. The monoisotopic (exact) mass is 536 g/mol. The first kappa shape index (κ1) is 26.8. The minimum absolute atomic E-state index is 0.124. The molecule has 10 heteroatoms. The van der Waals surface area contributed by atoms with E-state index in [0.717, 1.165) is 5.56 Å². The van der Waals surface area contributed by atoms with Gasteiger partial charge in [0.15, 0.2) is 17.3 Å². The number of anilines is 2. The van der Waals surface area contributed by atoms with Crippen molar-refractivity contribution in [1.82, 2.24) is 14.5 Å². The van der Waals surface area contributed by atoms with Crippen LogP contribution in [-0.4, -0.2) is 33.5 Å². The SMILES string of the molecule is COc1cc(C(=O)Cc2cnc(Nc3ccc(OC(C)C)c(F)c3)n(Cc3ccc(Cl)cc3)c2=O)ccn1. The molecule has 38 heavy (non-hydrogen) atoms. The third kappa shape index (κ3) is 6.54. The third-order valence-electron chi connectivity index (χ3n) is 5.54. The summed E-state index contributed by atoms with van der Waals surface area (Å²) in [6.07, 6.45) is 2.46. The first-order valence-electron chi connectivity index (χ1n) is 11.8. The molecule has 0 aliphatic carbocycles. The lowest BCUT2D eigenvalue weighted by atomic mass is 10.1. The van der Waals surface area contributed by atoms with Gasteiger partial charge in [0.25, 0.3) is 5.56 Å². The zero-order chi connectivity index (χ0) is 27.2. The number of hydrogen-bond acceptors (Lipinski definition) is 7. The minimum Gasteiger partial charge on any atom is -0.488 e. The van der Waals surface area contributed by atoms with Gasteiger partial charge in [0, 0.05) is 52.8 Å². The lowest BCUT2D eigenvalue weighted by Crippen LogP contribution is -2.28. The number of hydrogen-bond donors (Lipinski definition) is 1. The lowest BCUT2D eigenvalue weighted by Gasteiger charge is -2.16. The van der Waals surface area contributed by atoms with Gasteiger partial charge in [-0.2, -0.15) is 0 Å². The van der Waals surface area contributed by atoms with Crippen molar-refractivity contribution in [2.45, 2.75) is 32.9 Å². The molecule has 0 aliphatic rings. The Labute approximate surface area is 224 Å². The maximum Gasteiger partial charge on any atom is 0.258 e. The highest BCUT2D eigenvalue weighted by Gasteiger charge is 2.17. The van der Waals surface area contributed by atoms with Gasteiger partial charge in [0.1, 0.15) is 0 Å². The Morgan fingerprint density at radius 1 is 1.11 bits per heavy atom. The van der Waals surface area contributed by atoms with Gasteiger partial charge in [-0.15, -0.1) is 0 Å². The first-order valence-corrected chi connectivity index (χ1v) is 12.2. The Hall–Kier alpha value is -4.24. The van der Waals surface area contributed by atoms with Gasteiger partial charge in [-0.1, -0.05) is 23.7 Å². The number of halogens is 2. The van der Waals surface area contributed by atoms with Crippen LogP contribution in [0.5, 0.6) is 11.6 Å². The molecule has 4 rings (SSSR count). The lowest BCUT2D eigenvalue weighted by molar-refractivity contribution is 0.0992. The van der Waals surface area contributed by atoms with Gasteiger partial charge in [-0.25, -0.2) is 14.4 Å². The number of ether oxygens (including phenoxy) is 2. The molecule has 0 radical (unpaired) electrons. The van der Waals surface area contributed by atoms with Gasteiger partial charge in [0.05, 0.1) is 19.8 Å². The van der Waals surface area contributed by atoms with Crippen LogP contribution in [0.2, 0.25) is 5.02 Å². The summed E-state index contributed by atoms with van der Waals surface area (Å²) in [7, 11) is 1.46. The van der Waals surface area contributed by atoms with Crippen molar-refractivity contribution >= 4 is 29.0 Å². The Kier molecular flexibility index (Phi) is 8.38. The minimum atomic E-state index is -0.551. The van der Waals surface area contributed by atoms with Gasteiger partial charge >= 0.3 is 0 Å². The van der Waals surface area contributed by atoms with E-state index in [1.54, 1.807) is 36.4 Å². The van der Waals surface area contributed by atoms with Gasteiger partial charge < -0.3 is 14.8 Å². The largest absolute Gasteiger partial charge is 0.488 e. The van der Waals surface area contributed by atoms with Crippen LogP contribution in [0.4, 0.5) is 16.0 Å². The molecule has 0 saturated carbocycles. The first-order chi connectivity index (χ1) is 18.2. The number of Topliss-reactive ketones (excluding diaryl/α,β-unsaturated/α-hetero) is 1. The molecule has 0 atom stereocenters. The smallest absolute Gasteiger partial charge is 0.258 e. The average molecular weight is 537 g/mol. The number of nitrogens with one attached hydrogen (secondary N) is 1. The number of ketones is 1. The third-order valence-corrected chi connectivity index (χ3v) is 5.79. The zero-order valence-electron chi connectivity index (χ0n) is 21.1. The van der Waals surface area contributed by atoms with E-state index in [0.29, 0.717) is 22.2 Å². The van der Waals surface area contributed by atoms with Crippen LogP contribution < -0.4 is 20.3 Å². The molecule has 0 spiro atoms. The number of benzene rings is 2.